The summed E-state index contributed by atoms with van der Waals surface area (Å²) in [6.45, 7) is 0. The van der Waals surface area contributed by atoms with Gasteiger partial charge in [0.2, 0.25) is 0 Å². The average Bonchev–Trinajstić information content (AvgIpc) is 2.31. The molecular weight excluding hydrogens is 252 g/mol. The monoisotopic (exact) mass is 262 g/mol. The third kappa shape index (κ3) is 2.73. The minimum atomic E-state index is -1.00. The number of halogens is 1. The van der Waals surface area contributed by atoms with Crippen molar-refractivity contribution in [3.8, 4) is 0 Å². The second-order valence-corrected chi connectivity index (χ2v) is 4.18. The molecule has 18 heavy (non-hydrogen) atoms. The summed E-state index contributed by atoms with van der Waals surface area (Å²) in [6.07, 6.45) is 0. The van der Waals surface area contributed by atoms with Crippen molar-refractivity contribution in [2.75, 3.05) is 11.1 Å². The fourth-order valence-corrected chi connectivity index (χ4v) is 1.72. The third-order valence-corrected chi connectivity index (χ3v) is 2.64. The van der Waals surface area contributed by atoms with Crippen LogP contribution in [0.3, 0.4) is 0 Å². The molecule has 5 heteroatoms. The standard InChI is InChI=1S/C13H11ClN2O2/c14-9-2-1-3-10(7-9)16-12-5-4-8(13(17)18)6-11(12)15/h1-7,16H,15H2,(H,17,18). The summed E-state index contributed by atoms with van der Waals surface area (Å²) in [7, 11) is 0. The molecule has 0 radical (unpaired) electrons. The lowest BCUT2D eigenvalue weighted by Crippen LogP contribution is -2.01. The van der Waals surface area contributed by atoms with E-state index < -0.39 is 5.97 Å². The summed E-state index contributed by atoms with van der Waals surface area (Å²) >= 11 is 5.87. The van der Waals surface area contributed by atoms with E-state index >= 15 is 0 Å². The average molecular weight is 263 g/mol. The fraction of sp³-hybridized carbons (Fsp3) is 0. The highest BCUT2D eigenvalue weighted by atomic mass is 35.5. The molecule has 0 saturated carbocycles. The zero-order chi connectivity index (χ0) is 13.1. The molecule has 0 fully saturated rings. The number of aromatic carboxylic acids is 1. The van der Waals surface area contributed by atoms with Gasteiger partial charge in [0.1, 0.15) is 0 Å². The molecule has 4 nitrogen and oxygen atoms in total. The van der Waals surface area contributed by atoms with Crippen LogP contribution in [0.15, 0.2) is 42.5 Å². The smallest absolute Gasteiger partial charge is 0.335 e. The van der Waals surface area contributed by atoms with Crippen LogP contribution in [0.25, 0.3) is 0 Å². The first-order chi connectivity index (χ1) is 8.56. The SMILES string of the molecule is Nc1cc(C(=O)O)ccc1Nc1cccc(Cl)c1. The van der Waals surface area contributed by atoms with Gasteiger partial charge < -0.3 is 16.2 Å². The summed E-state index contributed by atoms with van der Waals surface area (Å²) in [4.78, 5) is 10.8. The van der Waals surface area contributed by atoms with Crippen molar-refractivity contribution in [3.63, 3.8) is 0 Å². The number of rotatable bonds is 3. The van der Waals surface area contributed by atoms with Gasteiger partial charge in [-0.15, -0.1) is 0 Å². The lowest BCUT2D eigenvalue weighted by Gasteiger charge is -2.10. The fourth-order valence-electron chi connectivity index (χ4n) is 1.53. The van der Waals surface area contributed by atoms with Crippen LogP contribution in [0, 0.1) is 0 Å². The lowest BCUT2D eigenvalue weighted by molar-refractivity contribution is 0.0697. The first-order valence-electron chi connectivity index (χ1n) is 5.21. The Morgan fingerprint density at radius 2 is 2.00 bits per heavy atom. The number of carboxylic acids is 1. The van der Waals surface area contributed by atoms with Crippen LogP contribution in [-0.2, 0) is 0 Å². The Hall–Kier alpha value is -2.20. The van der Waals surface area contributed by atoms with Crippen LogP contribution in [0.5, 0.6) is 0 Å². The van der Waals surface area contributed by atoms with Gasteiger partial charge in [0.25, 0.3) is 0 Å². The maximum absolute atomic E-state index is 10.8. The summed E-state index contributed by atoms with van der Waals surface area (Å²) < 4.78 is 0. The molecule has 2 rings (SSSR count). The summed E-state index contributed by atoms with van der Waals surface area (Å²) in [5.41, 5.74) is 7.74. The normalized spacial score (nSPS) is 10.1. The van der Waals surface area contributed by atoms with E-state index in [4.69, 9.17) is 22.4 Å². The molecule has 0 bridgehead atoms. The summed E-state index contributed by atoms with van der Waals surface area (Å²) in [5, 5.41) is 12.5. The molecule has 0 aromatic heterocycles. The topological polar surface area (TPSA) is 75.4 Å². The van der Waals surface area contributed by atoms with Gasteiger partial charge >= 0.3 is 5.97 Å². The Morgan fingerprint density at radius 3 is 2.61 bits per heavy atom. The second kappa shape index (κ2) is 4.98. The van der Waals surface area contributed by atoms with Gasteiger partial charge in [-0.2, -0.15) is 0 Å². The van der Waals surface area contributed by atoms with Gasteiger partial charge in [-0.25, -0.2) is 4.79 Å². The molecule has 0 heterocycles. The zero-order valence-corrected chi connectivity index (χ0v) is 10.1. The van der Waals surface area contributed by atoms with Crippen molar-refractivity contribution < 1.29 is 9.90 Å². The van der Waals surface area contributed by atoms with Gasteiger partial charge in [-0.3, -0.25) is 0 Å². The molecule has 0 atom stereocenters. The van der Waals surface area contributed by atoms with E-state index in [-0.39, 0.29) is 5.56 Å². The van der Waals surface area contributed by atoms with Crippen LogP contribution < -0.4 is 11.1 Å². The number of anilines is 3. The maximum Gasteiger partial charge on any atom is 0.335 e. The molecule has 0 amide bonds. The highest BCUT2D eigenvalue weighted by Gasteiger charge is 2.06. The van der Waals surface area contributed by atoms with Crippen LogP contribution in [0.2, 0.25) is 5.02 Å². The molecule has 0 aliphatic heterocycles. The van der Waals surface area contributed by atoms with E-state index in [1.54, 1.807) is 18.2 Å². The van der Waals surface area contributed by atoms with Gasteiger partial charge in [0.15, 0.2) is 0 Å². The molecule has 0 saturated heterocycles. The number of nitrogens with one attached hydrogen (secondary N) is 1. The highest BCUT2D eigenvalue weighted by Crippen LogP contribution is 2.25. The minimum absolute atomic E-state index is 0.157. The molecule has 4 N–H and O–H groups in total. The number of carboxylic acid groups (broad SMARTS) is 1. The van der Waals surface area contributed by atoms with Crippen molar-refractivity contribution >= 4 is 34.6 Å². The summed E-state index contributed by atoms with van der Waals surface area (Å²) in [6, 6.07) is 11.7. The number of hydrogen-bond donors (Lipinski definition) is 3. The van der Waals surface area contributed by atoms with Crippen molar-refractivity contribution in [2.24, 2.45) is 0 Å². The summed E-state index contributed by atoms with van der Waals surface area (Å²) in [5.74, 6) is -1.00. The van der Waals surface area contributed by atoms with Crippen molar-refractivity contribution in [3.05, 3.63) is 53.1 Å². The minimum Gasteiger partial charge on any atom is -0.478 e. The molecule has 92 valence electrons. The van der Waals surface area contributed by atoms with Gasteiger partial charge in [-0.05, 0) is 36.4 Å². The van der Waals surface area contributed by atoms with E-state index in [0.29, 0.717) is 16.4 Å². The molecule has 0 aliphatic carbocycles. The van der Waals surface area contributed by atoms with E-state index in [2.05, 4.69) is 5.32 Å². The molecule has 2 aromatic carbocycles. The largest absolute Gasteiger partial charge is 0.478 e. The van der Waals surface area contributed by atoms with Crippen molar-refractivity contribution in [2.45, 2.75) is 0 Å². The Bertz CT molecular complexity index is 599. The quantitative estimate of drug-likeness (QED) is 0.742. The van der Waals surface area contributed by atoms with Gasteiger partial charge in [-0.1, -0.05) is 17.7 Å². The molecule has 0 spiro atoms. The number of nitrogen functional groups attached to an aromatic ring is 1. The molecule has 2 aromatic rings. The maximum atomic E-state index is 10.8. The number of benzene rings is 2. The predicted molar refractivity (Wildman–Crippen MR) is 72.5 cm³/mol. The van der Waals surface area contributed by atoms with Gasteiger partial charge in [0.05, 0.1) is 16.9 Å². The van der Waals surface area contributed by atoms with Crippen molar-refractivity contribution in [1.82, 2.24) is 0 Å². The molecular formula is C13H11ClN2O2. The highest BCUT2D eigenvalue weighted by molar-refractivity contribution is 6.30. The van der Waals surface area contributed by atoms with Gasteiger partial charge in [0, 0.05) is 10.7 Å². The Kier molecular flexibility index (Phi) is 3.39. The van der Waals surface area contributed by atoms with E-state index in [0.717, 1.165) is 5.69 Å². The number of hydrogen-bond acceptors (Lipinski definition) is 3. The predicted octanol–water partition coefficient (Wildman–Crippen LogP) is 3.36. The van der Waals surface area contributed by atoms with E-state index in [9.17, 15) is 4.79 Å². The van der Waals surface area contributed by atoms with Crippen LogP contribution in [0.4, 0.5) is 17.1 Å². The first-order valence-corrected chi connectivity index (χ1v) is 5.59. The number of carbonyl (C=O) groups is 1. The van der Waals surface area contributed by atoms with Crippen molar-refractivity contribution in [1.29, 1.82) is 0 Å². The number of nitrogens with two attached hydrogens (primary N) is 1. The van der Waals surface area contributed by atoms with Crippen LogP contribution >= 0.6 is 11.6 Å². The van der Waals surface area contributed by atoms with E-state index in [1.807, 2.05) is 12.1 Å². The first kappa shape index (κ1) is 12.3. The zero-order valence-electron chi connectivity index (χ0n) is 9.35. The van der Waals surface area contributed by atoms with Crippen LogP contribution in [0.1, 0.15) is 10.4 Å². The van der Waals surface area contributed by atoms with Crippen LogP contribution in [-0.4, -0.2) is 11.1 Å². The molecule has 0 unspecified atom stereocenters. The third-order valence-electron chi connectivity index (χ3n) is 2.40. The van der Waals surface area contributed by atoms with E-state index in [1.165, 1.54) is 12.1 Å². The Morgan fingerprint density at radius 1 is 1.22 bits per heavy atom. The second-order valence-electron chi connectivity index (χ2n) is 3.74. The lowest BCUT2D eigenvalue weighted by atomic mass is 10.1. The Balaban J connectivity index is 2.27. The molecule has 0 aliphatic rings. The Labute approximate surface area is 109 Å².